The Labute approximate surface area is 225 Å². The van der Waals surface area contributed by atoms with Crippen molar-refractivity contribution in [1.82, 2.24) is 19.5 Å². The van der Waals surface area contributed by atoms with Gasteiger partial charge in [-0.1, -0.05) is 19.6 Å². The van der Waals surface area contributed by atoms with E-state index in [4.69, 9.17) is 26.8 Å². The predicted octanol–water partition coefficient (Wildman–Crippen LogP) is 1.42. The molecule has 2 aromatic heterocycles. The standard InChI is InChI=1S/C22H22ClFN6O8.CH4/c1-9(31)27-11-4-2-10(3-5-11)6-22(19(33)34,20(35)36)37-7-12-15(32)13(24)18(38-12)30-8-26-14-16(25)28-21(23)29-17(14)30;/h2-5,8,12-13,15,18,32H,6-7H2,1H3,(H,27,31)(H,33,34)(H,35,36)(H2,25,28,29);1H4/t12-,13+,15-,18-;/m1./s1. The van der Waals surface area contributed by atoms with Gasteiger partial charge in [0.1, 0.15) is 17.7 Å². The van der Waals surface area contributed by atoms with E-state index in [9.17, 15) is 29.7 Å². The number of rotatable bonds is 9. The van der Waals surface area contributed by atoms with Crippen molar-refractivity contribution in [3.05, 3.63) is 41.4 Å². The van der Waals surface area contributed by atoms with Gasteiger partial charge >= 0.3 is 11.9 Å². The fourth-order valence-corrected chi connectivity index (χ4v) is 4.17. The molecule has 4 rings (SSSR count). The molecule has 1 amide bonds. The Morgan fingerprint density at radius 2 is 1.87 bits per heavy atom. The summed E-state index contributed by atoms with van der Waals surface area (Å²) < 4.78 is 27.1. The number of aromatic nitrogens is 4. The number of halogens is 2. The third-order valence-electron chi connectivity index (χ3n) is 5.90. The number of carboxylic acid groups (broad SMARTS) is 2. The van der Waals surface area contributed by atoms with Crippen molar-refractivity contribution in [2.24, 2.45) is 0 Å². The Bertz CT molecular complexity index is 1370. The molecule has 0 aliphatic carbocycles. The first-order valence-electron chi connectivity index (χ1n) is 11.0. The van der Waals surface area contributed by atoms with E-state index in [0.717, 1.165) is 10.9 Å². The number of aliphatic hydroxyl groups is 1. The Hall–Kier alpha value is -3.92. The monoisotopic (exact) mass is 568 g/mol. The predicted molar refractivity (Wildman–Crippen MR) is 135 cm³/mol. The van der Waals surface area contributed by atoms with Crippen LogP contribution in [0.3, 0.4) is 0 Å². The Morgan fingerprint density at radius 1 is 1.23 bits per heavy atom. The molecule has 39 heavy (non-hydrogen) atoms. The summed E-state index contributed by atoms with van der Waals surface area (Å²) in [6, 6.07) is 5.77. The van der Waals surface area contributed by atoms with Gasteiger partial charge in [0.25, 0.3) is 5.60 Å². The van der Waals surface area contributed by atoms with E-state index in [2.05, 4.69) is 20.3 Å². The van der Waals surface area contributed by atoms with Crippen molar-refractivity contribution in [1.29, 1.82) is 0 Å². The number of alkyl halides is 1. The van der Waals surface area contributed by atoms with Gasteiger partial charge < -0.3 is 35.8 Å². The molecule has 0 bridgehead atoms. The lowest BCUT2D eigenvalue weighted by molar-refractivity contribution is -0.190. The van der Waals surface area contributed by atoms with Gasteiger partial charge in [-0.15, -0.1) is 0 Å². The Kier molecular flexibility index (Phi) is 8.70. The van der Waals surface area contributed by atoms with Crippen LogP contribution in [0.4, 0.5) is 15.9 Å². The molecular weight excluding hydrogens is 543 g/mol. The smallest absolute Gasteiger partial charge is 0.348 e. The lowest BCUT2D eigenvalue weighted by Crippen LogP contribution is -2.52. The lowest BCUT2D eigenvalue weighted by Gasteiger charge is -2.27. The van der Waals surface area contributed by atoms with Crippen LogP contribution in [0.1, 0.15) is 26.1 Å². The molecule has 1 aromatic carbocycles. The minimum Gasteiger partial charge on any atom is -0.479 e. The van der Waals surface area contributed by atoms with Crippen LogP contribution in [-0.4, -0.2) is 83.3 Å². The van der Waals surface area contributed by atoms with E-state index in [0.29, 0.717) is 5.69 Å². The molecule has 1 saturated heterocycles. The fraction of sp³-hybridized carbons (Fsp3) is 0.391. The second kappa shape index (κ2) is 11.4. The van der Waals surface area contributed by atoms with Crippen molar-refractivity contribution in [3.63, 3.8) is 0 Å². The molecule has 210 valence electrons. The number of fused-ring (bicyclic) bond motifs is 1. The summed E-state index contributed by atoms with van der Waals surface area (Å²) in [5.41, 5.74) is 3.78. The summed E-state index contributed by atoms with van der Waals surface area (Å²) in [5.74, 6) is -4.03. The highest BCUT2D eigenvalue weighted by Crippen LogP contribution is 2.35. The number of nitrogens with one attached hydrogen (secondary N) is 1. The van der Waals surface area contributed by atoms with E-state index < -0.39 is 55.2 Å². The normalized spacial score (nSPS) is 20.9. The molecule has 0 spiro atoms. The van der Waals surface area contributed by atoms with Crippen molar-refractivity contribution in [2.75, 3.05) is 17.7 Å². The van der Waals surface area contributed by atoms with Gasteiger partial charge in [0, 0.05) is 19.0 Å². The number of carbonyl (C=O) groups excluding carboxylic acids is 1. The SMILES string of the molecule is C.CC(=O)Nc1ccc(CC(OC[C@H]2O[C@@H](n3cnc4c(N)nc(Cl)nc43)[C@@H](F)[C@@H]2O)(C(=O)O)C(=O)O)cc1. The molecule has 1 aliphatic rings. The number of nitrogen functional groups attached to an aromatic ring is 1. The van der Waals surface area contributed by atoms with Gasteiger partial charge in [0.2, 0.25) is 11.2 Å². The van der Waals surface area contributed by atoms with Gasteiger partial charge in [-0.05, 0) is 29.3 Å². The van der Waals surface area contributed by atoms with E-state index >= 15 is 4.39 Å². The van der Waals surface area contributed by atoms with Crippen LogP contribution in [-0.2, 0) is 30.3 Å². The number of hydrogen-bond donors (Lipinski definition) is 5. The van der Waals surface area contributed by atoms with Crippen molar-refractivity contribution in [2.45, 2.75) is 51.0 Å². The summed E-state index contributed by atoms with van der Waals surface area (Å²) in [4.78, 5) is 47.1. The molecule has 6 N–H and O–H groups in total. The minimum atomic E-state index is -2.79. The summed E-state index contributed by atoms with van der Waals surface area (Å²) in [6.45, 7) is 0.520. The molecule has 4 atom stereocenters. The average molecular weight is 569 g/mol. The largest absolute Gasteiger partial charge is 0.479 e. The van der Waals surface area contributed by atoms with Crippen molar-refractivity contribution in [3.8, 4) is 0 Å². The molecule has 14 nitrogen and oxygen atoms in total. The number of nitrogens with zero attached hydrogens (tertiary/aromatic N) is 4. The number of carbonyl (C=O) groups is 3. The van der Waals surface area contributed by atoms with Crippen molar-refractivity contribution >= 4 is 52.1 Å². The van der Waals surface area contributed by atoms with E-state index in [1.54, 1.807) is 0 Å². The third kappa shape index (κ3) is 5.75. The first-order valence-corrected chi connectivity index (χ1v) is 11.4. The van der Waals surface area contributed by atoms with Crippen LogP contribution < -0.4 is 11.1 Å². The zero-order valence-corrected chi connectivity index (χ0v) is 20.4. The minimum absolute atomic E-state index is 0. The lowest BCUT2D eigenvalue weighted by atomic mass is 9.94. The van der Waals surface area contributed by atoms with Gasteiger partial charge in [-0.3, -0.25) is 9.36 Å². The molecular formula is C23H26ClFN6O8. The van der Waals surface area contributed by atoms with Crippen molar-refractivity contribution < 1.29 is 43.6 Å². The maximum atomic E-state index is 15.1. The second-order valence-electron chi connectivity index (χ2n) is 8.51. The zero-order valence-electron chi connectivity index (χ0n) is 19.6. The Morgan fingerprint density at radius 3 is 2.46 bits per heavy atom. The summed E-state index contributed by atoms with van der Waals surface area (Å²) in [5, 5.41) is 32.4. The number of nitrogens with two attached hydrogens (primary N) is 1. The average Bonchev–Trinajstić information content (AvgIpc) is 3.38. The first-order chi connectivity index (χ1) is 17.9. The number of benzene rings is 1. The molecule has 0 saturated carbocycles. The van der Waals surface area contributed by atoms with E-state index in [1.807, 2.05) is 0 Å². The van der Waals surface area contributed by atoms with Crippen LogP contribution in [0.25, 0.3) is 11.2 Å². The quantitative estimate of drug-likeness (QED) is 0.183. The maximum Gasteiger partial charge on any atom is 0.348 e. The summed E-state index contributed by atoms with van der Waals surface area (Å²) in [6.07, 6.45) is -6.28. The first kappa shape index (κ1) is 29.6. The highest BCUT2D eigenvalue weighted by atomic mass is 35.5. The van der Waals surface area contributed by atoms with E-state index in [1.165, 1.54) is 31.2 Å². The third-order valence-corrected chi connectivity index (χ3v) is 6.07. The molecule has 3 heterocycles. The van der Waals surface area contributed by atoms with Gasteiger partial charge in [0.05, 0.1) is 12.9 Å². The number of aliphatic carboxylic acids is 2. The highest BCUT2D eigenvalue weighted by molar-refractivity contribution is 6.28. The van der Waals surface area contributed by atoms with Crippen LogP contribution in [0.2, 0.25) is 5.28 Å². The van der Waals surface area contributed by atoms with E-state index in [-0.39, 0.29) is 41.2 Å². The van der Waals surface area contributed by atoms with Crippen LogP contribution in [0.5, 0.6) is 0 Å². The number of anilines is 2. The zero-order chi connectivity index (χ0) is 27.8. The van der Waals surface area contributed by atoms with Crippen LogP contribution >= 0.6 is 11.6 Å². The number of amides is 1. The van der Waals surface area contributed by atoms with Gasteiger partial charge in [-0.25, -0.2) is 19.0 Å². The number of ether oxygens (including phenoxy) is 2. The molecule has 0 radical (unpaired) electrons. The molecule has 3 aromatic rings. The molecule has 16 heteroatoms. The fourth-order valence-electron chi connectivity index (χ4n) is 4.00. The summed E-state index contributed by atoms with van der Waals surface area (Å²) >= 11 is 5.83. The maximum absolute atomic E-state index is 15.1. The molecule has 1 aliphatic heterocycles. The van der Waals surface area contributed by atoms with Gasteiger partial charge in [-0.2, -0.15) is 9.97 Å². The van der Waals surface area contributed by atoms with Crippen LogP contribution in [0, 0.1) is 0 Å². The second-order valence-corrected chi connectivity index (χ2v) is 8.84. The van der Waals surface area contributed by atoms with Gasteiger partial charge in [0.15, 0.2) is 23.9 Å². The van der Waals surface area contributed by atoms with Crippen LogP contribution in [0.15, 0.2) is 30.6 Å². The Balaban J connectivity index is 0.00000420. The summed E-state index contributed by atoms with van der Waals surface area (Å²) in [7, 11) is 0. The number of carboxylic acids is 2. The molecule has 0 unspecified atom stereocenters. The topological polar surface area (TPSA) is 212 Å². The number of aliphatic hydroxyl groups excluding tert-OH is 1. The number of imidazole rings is 1. The molecule has 1 fully saturated rings. The highest BCUT2D eigenvalue weighted by Gasteiger charge is 2.52. The number of hydrogen-bond acceptors (Lipinski definition) is 10.